The maximum absolute atomic E-state index is 13.5. The van der Waals surface area contributed by atoms with E-state index in [1.54, 1.807) is 23.9 Å². The van der Waals surface area contributed by atoms with Crippen molar-refractivity contribution in [3.8, 4) is 0 Å². The van der Waals surface area contributed by atoms with E-state index in [2.05, 4.69) is 15.3 Å². The first-order valence-corrected chi connectivity index (χ1v) is 5.71. The summed E-state index contributed by atoms with van der Waals surface area (Å²) in [7, 11) is 3.42. The molecule has 1 fully saturated rings. The molecule has 18 heavy (non-hydrogen) atoms. The number of carbonyl (C=O) groups excluding carboxylic acids is 1. The van der Waals surface area contributed by atoms with Gasteiger partial charge in [-0.25, -0.2) is 9.37 Å². The highest BCUT2D eigenvalue weighted by atomic mass is 19.1. The molecule has 1 atom stereocenters. The molecule has 1 amide bonds. The van der Waals surface area contributed by atoms with Gasteiger partial charge in [-0.3, -0.25) is 4.79 Å². The molecule has 0 aromatic carbocycles. The Bertz CT molecular complexity index is 465. The number of anilines is 2. The fourth-order valence-electron chi connectivity index (χ4n) is 1.90. The van der Waals surface area contributed by atoms with Crippen molar-refractivity contribution in [2.24, 2.45) is 0 Å². The van der Waals surface area contributed by atoms with E-state index in [1.807, 2.05) is 6.92 Å². The third-order valence-corrected chi connectivity index (χ3v) is 2.66. The molecule has 0 unspecified atom stereocenters. The van der Waals surface area contributed by atoms with Gasteiger partial charge >= 0.3 is 0 Å². The molecule has 0 bridgehead atoms. The van der Waals surface area contributed by atoms with Gasteiger partial charge in [0.2, 0.25) is 11.9 Å². The van der Waals surface area contributed by atoms with Gasteiger partial charge in [-0.15, -0.1) is 0 Å². The molecule has 1 aliphatic heterocycles. The second-order valence-electron chi connectivity index (χ2n) is 4.59. The van der Waals surface area contributed by atoms with E-state index in [1.165, 1.54) is 0 Å². The summed E-state index contributed by atoms with van der Waals surface area (Å²) in [5.41, 5.74) is 0. The zero-order chi connectivity index (χ0) is 13.3. The Morgan fingerprint density at radius 1 is 1.56 bits per heavy atom. The Kier molecular flexibility index (Phi) is 3.31. The van der Waals surface area contributed by atoms with Crippen molar-refractivity contribution in [2.45, 2.75) is 13.0 Å². The van der Waals surface area contributed by atoms with Gasteiger partial charge in [0.25, 0.3) is 0 Å². The van der Waals surface area contributed by atoms with Crippen LogP contribution in [0.5, 0.6) is 0 Å². The maximum atomic E-state index is 13.5. The Hall–Kier alpha value is -1.92. The number of hydrogen-bond donors (Lipinski definition) is 1. The van der Waals surface area contributed by atoms with Gasteiger partial charge in [0, 0.05) is 26.7 Å². The number of halogens is 1. The van der Waals surface area contributed by atoms with Crippen molar-refractivity contribution in [3.05, 3.63) is 12.0 Å². The molecule has 1 aromatic heterocycles. The van der Waals surface area contributed by atoms with Crippen molar-refractivity contribution in [3.63, 3.8) is 0 Å². The minimum atomic E-state index is -0.474. The van der Waals surface area contributed by atoms with Crippen LogP contribution in [0.15, 0.2) is 6.20 Å². The van der Waals surface area contributed by atoms with E-state index in [0.29, 0.717) is 12.5 Å². The number of nitrogens with zero attached hydrogens (tertiary/aromatic N) is 4. The van der Waals surface area contributed by atoms with Crippen molar-refractivity contribution in [1.29, 1.82) is 0 Å². The number of aromatic nitrogens is 2. The van der Waals surface area contributed by atoms with Crippen molar-refractivity contribution in [1.82, 2.24) is 15.3 Å². The summed E-state index contributed by atoms with van der Waals surface area (Å²) in [6.07, 6.45) is 1.13. The second-order valence-corrected chi connectivity index (χ2v) is 4.59. The number of rotatable bonds is 2. The van der Waals surface area contributed by atoms with Crippen LogP contribution in [0.1, 0.15) is 6.92 Å². The zero-order valence-corrected chi connectivity index (χ0v) is 10.6. The molecular formula is C11H16FN5O. The fraction of sp³-hybridized carbons (Fsp3) is 0.545. The zero-order valence-electron chi connectivity index (χ0n) is 10.6. The van der Waals surface area contributed by atoms with Gasteiger partial charge in [0.05, 0.1) is 12.7 Å². The van der Waals surface area contributed by atoms with E-state index in [-0.39, 0.29) is 24.3 Å². The summed E-state index contributed by atoms with van der Waals surface area (Å²) >= 11 is 0. The quantitative estimate of drug-likeness (QED) is 0.804. The summed E-state index contributed by atoms with van der Waals surface area (Å²) in [4.78, 5) is 22.9. The standard InChI is InChI=1S/C11H16FN5O/c1-7-5-17(6-9(18)14-7)11-13-4-8(12)10(15-11)16(2)3/h4,7H,5-6H2,1-3H3,(H,14,18)/t7-/m0/s1. The van der Waals surface area contributed by atoms with Crippen LogP contribution in [0, 0.1) is 5.82 Å². The second kappa shape index (κ2) is 4.75. The molecule has 1 N–H and O–H groups in total. The Morgan fingerprint density at radius 2 is 2.28 bits per heavy atom. The predicted octanol–water partition coefficient (Wildman–Crippen LogP) is 0.00640. The van der Waals surface area contributed by atoms with E-state index in [9.17, 15) is 9.18 Å². The Balaban J connectivity index is 2.28. The van der Waals surface area contributed by atoms with Crippen molar-refractivity contribution < 1.29 is 9.18 Å². The lowest BCUT2D eigenvalue weighted by atomic mass is 10.2. The van der Waals surface area contributed by atoms with E-state index >= 15 is 0 Å². The minimum absolute atomic E-state index is 0.0303. The highest BCUT2D eigenvalue weighted by molar-refractivity contribution is 5.82. The first-order chi connectivity index (χ1) is 8.47. The SMILES string of the molecule is C[C@H]1CN(c2ncc(F)c(N(C)C)n2)CC(=O)N1. The molecule has 0 aliphatic carbocycles. The van der Waals surface area contributed by atoms with Crippen LogP contribution in [0.25, 0.3) is 0 Å². The predicted molar refractivity (Wildman–Crippen MR) is 66.1 cm³/mol. The fourth-order valence-corrected chi connectivity index (χ4v) is 1.90. The molecule has 2 rings (SSSR count). The van der Waals surface area contributed by atoms with Crippen LogP contribution in [-0.2, 0) is 4.79 Å². The van der Waals surface area contributed by atoms with Crippen LogP contribution in [0.4, 0.5) is 16.2 Å². The lowest BCUT2D eigenvalue weighted by Crippen LogP contribution is -2.53. The molecule has 0 spiro atoms. The Morgan fingerprint density at radius 3 is 2.89 bits per heavy atom. The summed E-state index contributed by atoms with van der Waals surface area (Å²) in [5.74, 6) is 0.0479. The van der Waals surface area contributed by atoms with Gasteiger partial charge in [-0.2, -0.15) is 4.98 Å². The lowest BCUT2D eigenvalue weighted by Gasteiger charge is -2.31. The van der Waals surface area contributed by atoms with Gasteiger partial charge in [-0.1, -0.05) is 0 Å². The van der Waals surface area contributed by atoms with Gasteiger partial charge in [0.15, 0.2) is 11.6 Å². The van der Waals surface area contributed by atoms with Crippen LogP contribution < -0.4 is 15.1 Å². The largest absolute Gasteiger partial charge is 0.360 e. The molecule has 1 saturated heterocycles. The molecule has 6 nitrogen and oxygen atoms in total. The average Bonchev–Trinajstić information content (AvgIpc) is 2.27. The highest BCUT2D eigenvalue weighted by Gasteiger charge is 2.24. The topological polar surface area (TPSA) is 61.4 Å². The monoisotopic (exact) mass is 253 g/mol. The first-order valence-electron chi connectivity index (χ1n) is 5.71. The average molecular weight is 253 g/mol. The van der Waals surface area contributed by atoms with Crippen molar-refractivity contribution >= 4 is 17.7 Å². The third kappa shape index (κ3) is 2.49. The Labute approximate surface area is 105 Å². The number of piperazine rings is 1. The number of hydrogen-bond acceptors (Lipinski definition) is 5. The molecular weight excluding hydrogens is 237 g/mol. The van der Waals surface area contributed by atoms with Crippen molar-refractivity contribution in [2.75, 3.05) is 37.0 Å². The van der Waals surface area contributed by atoms with Crippen LogP contribution >= 0.6 is 0 Å². The molecule has 1 aromatic rings. The van der Waals surface area contributed by atoms with E-state index in [0.717, 1.165) is 6.20 Å². The maximum Gasteiger partial charge on any atom is 0.239 e. The third-order valence-electron chi connectivity index (χ3n) is 2.66. The minimum Gasteiger partial charge on any atom is -0.360 e. The normalized spacial score (nSPS) is 19.7. The number of nitrogens with one attached hydrogen (secondary N) is 1. The molecule has 0 radical (unpaired) electrons. The van der Waals surface area contributed by atoms with Gasteiger partial charge < -0.3 is 15.1 Å². The molecule has 98 valence electrons. The van der Waals surface area contributed by atoms with E-state index < -0.39 is 5.82 Å². The molecule has 2 heterocycles. The van der Waals surface area contributed by atoms with Crippen LogP contribution in [0.2, 0.25) is 0 Å². The van der Waals surface area contributed by atoms with Crippen LogP contribution in [-0.4, -0.2) is 49.1 Å². The smallest absolute Gasteiger partial charge is 0.239 e. The first kappa shape index (κ1) is 12.5. The molecule has 0 saturated carbocycles. The summed E-state index contributed by atoms with van der Waals surface area (Å²) in [6.45, 7) is 2.72. The van der Waals surface area contributed by atoms with Crippen LogP contribution in [0.3, 0.4) is 0 Å². The molecule has 7 heteroatoms. The number of carbonyl (C=O) groups is 1. The van der Waals surface area contributed by atoms with Gasteiger partial charge in [-0.05, 0) is 6.92 Å². The summed E-state index contributed by atoms with van der Waals surface area (Å²) in [6, 6.07) is 0.0303. The summed E-state index contributed by atoms with van der Waals surface area (Å²) < 4.78 is 13.5. The highest BCUT2D eigenvalue weighted by Crippen LogP contribution is 2.18. The van der Waals surface area contributed by atoms with E-state index in [4.69, 9.17) is 0 Å². The number of amides is 1. The molecule has 1 aliphatic rings. The summed E-state index contributed by atoms with van der Waals surface area (Å²) in [5, 5.41) is 2.81. The van der Waals surface area contributed by atoms with Gasteiger partial charge in [0.1, 0.15) is 0 Å². The lowest BCUT2D eigenvalue weighted by molar-refractivity contribution is -0.121.